The topological polar surface area (TPSA) is 75.7 Å². The van der Waals surface area contributed by atoms with Crippen molar-refractivity contribution < 1.29 is 8.42 Å². The maximum atomic E-state index is 10.4. The van der Waals surface area contributed by atoms with Gasteiger partial charge in [-0.2, -0.15) is 15.4 Å². The van der Waals surface area contributed by atoms with Crippen molar-refractivity contribution in [3.05, 3.63) is 11.9 Å². The van der Waals surface area contributed by atoms with Gasteiger partial charge in [0.25, 0.3) is 0 Å². The lowest BCUT2D eigenvalue weighted by atomic mass is 10.4. The predicted molar refractivity (Wildman–Crippen MR) is 39.7 cm³/mol. The van der Waals surface area contributed by atoms with Gasteiger partial charge in [-0.25, -0.2) is 8.42 Å². The number of nitrogens with one attached hydrogen (secondary N) is 1. The summed E-state index contributed by atoms with van der Waals surface area (Å²) >= 11 is 0. The summed E-state index contributed by atoms with van der Waals surface area (Å²) in [6.45, 7) is 0. The molecule has 1 rings (SSSR count). The second kappa shape index (κ2) is 3.19. The van der Waals surface area contributed by atoms with E-state index < -0.39 is 9.05 Å². The fourth-order valence-electron chi connectivity index (χ4n) is 0.572. The summed E-state index contributed by atoms with van der Waals surface area (Å²) in [7, 11) is 1.55. The first-order chi connectivity index (χ1) is 5.08. The average molecular weight is 196 g/mol. The van der Waals surface area contributed by atoms with E-state index in [9.17, 15) is 8.42 Å². The number of hydrogen-bond donors (Lipinski definition) is 1. The lowest BCUT2D eigenvalue weighted by Gasteiger charge is -1.89. The smallest absolute Gasteiger partial charge is 0.212 e. The lowest BCUT2D eigenvalue weighted by molar-refractivity contribution is 0.608. The van der Waals surface area contributed by atoms with E-state index >= 15 is 0 Å². The molecule has 5 nitrogen and oxygen atoms in total. The van der Waals surface area contributed by atoms with Gasteiger partial charge in [-0.1, -0.05) is 0 Å². The Balaban J connectivity index is 2.48. The molecule has 0 spiro atoms. The molecule has 1 aromatic rings. The number of H-pyrrole nitrogens is 1. The number of nitrogens with zero attached hydrogens (tertiary/aromatic N) is 2. The van der Waals surface area contributed by atoms with Gasteiger partial charge in [0.2, 0.25) is 9.05 Å². The Morgan fingerprint density at radius 3 is 2.82 bits per heavy atom. The minimum Gasteiger partial charge on any atom is -0.212 e. The molecule has 0 aromatic carbocycles. The molecule has 11 heavy (non-hydrogen) atoms. The Labute approximate surface area is 68.2 Å². The zero-order chi connectivity index (χ0) is 8.32. The Kier molecular flexibility index (Phi) is 2.45. The zero-order valence-corrected chi connectivity index (χ0v) is 7.06. The molecule has 7 heteroatoms. The van der Waals surface area contributed by atoms with Crippen LogP contribution in [0.5, 0.6) is 0 Å². The molecule has 0 atom stereocenters. The van der Waals surface area contributed by atoms with E-state index in [2.05, 4.69) is 15.4 Å². The fourth-order valence-corrected chi connectivity index (χ4v) is 1.26. The van der Waals surface area contributed by atoms with Gasteiger partial charge >= 0.3 is 0 Å². The number of rotatable bonds is 3. The van der Waals surface area contributed by atoms with Crippen LogP contribution in [0.4, 0.5) is 0 Å². The second-order valence-corrected chi connectivity index (χ2v) is 4.85. The van der Waals surface area contributed by atoms with Crippen molar-refractivity contribution >= 4 is 19.7 Å². The van der Waals surface area contributed by atoms with Crippen molar-refractivity contribution in [2.45, 2.75) is 6.42 Å². The normalized spacial score (nSPS) is 11.7. The third kappa shape index (κ3) is 3.33. The largest absolute Gasteiger partial charge is 0.232 e. The molecule has 0 saturated heterocycles. The van der Waals surface area contributed by atoms with Crippen LogP contribution >= 0.6 is 10.7 Å². The summed E-state index contributed by atoms with van der Waals surface area (Å²) in [5, 5.41) is 9.54. The molecule has 0 saturated carbocycles. The van der Waals surface area contributed by atoms with Crippen LogP contribution in [0.25, 0.3) is 0 Å². The fraction of sp³-hybridized carbons (Fsp3) is 0.500. The number of aromatic nitrogens is 3. The lowest BCUT2D eigenvalue weighted by Crippen LogP contribution is -2.01. The molecule has 62 valence electrons. The second-order valence-electron chi connectivity index (χ2n) is 1.95. The number of aryl methyl sites for hydroxylation is 1. The molecule has 0 radical (unpaired) electrons. The zero-order valence-electron chi connectivity index (χ0n) is 5.49. The van der Waals surface area contributed by atoms with Gasteiger partial charge in [0.1, 0.15) is 0 Å². The summed E-state index contributed by atoms with van der Waals surface area (Å²) in [6.07, 6.45) is 1.75. The Bertz CT molecular complexity index is 306. The Morgan fingerprint density at radius 2 is 2.36 bits per heavy atom. The summed E-state index contributed by atoms with van der Waals surface area (Å²) < 4.78 is 20.9. The molecule has 1 heterocycles. The highest BCUT2D eigenvalue weighted by Crippen LogP contribution is 2.00. The van der Waals surface area contributed by atoms with E-state index in [1.807, 2.05) is 0 Å². The van der Waals surface area contributed by atoms with Crippen LogP contribution in [0.15, 0.2) is 6.20 Å². The molecule has 0 amide bonds. The van der Waals surface area contributed by atoms with Crippen LogP contribution in [0.3, 0.4) is 0 Å². The number of halogens is 1. The van der Waals surface area contributed by atoms with Crippen LogP contribution in [-0.2, 0) is 15.5 Å². The highest BCUT2D eigenvalue weighted by atomic mass is 35.7. The van der Waals surface area contributed by atoms with Crippen LogP contribution in [0.1, 0.15) is 5.69 Å². The van der Waals surface area contributed by atoms with Gasteiger partial charge in [0.15, 0.2) is 0 Å². The van der Waals surface area contributed by atoms with Crippen LogP contribution in [0.2, 0.25) is 0 Å². The summed E-state index contributed by atoms with van der Waals surface area (Å²) in [5.41, 5.74) is 0.592. The first-order valence-corrected chi connectivity index (χ1v) is 5.33. The van der Waals surface area contributed by atoms with E-state index in [1.54, 1.807) is 0 Å². The van der Waals surface area contributed by atoms with Crippen LogP contribution < -0.4 is 0 Å². The minimum atomic E-state index is -3.41. The van der Waals surface area contributed by atoms with Crippen LogP contribution in [0, 0.1) is 0 Å². The standard InChI is InChI=1S/C4H6ClN3O2S/c5-11(9,10)2-1-4-3-6-8-7-4/h3H,1-2H2,(H,6,7,8). The van der Waals surface area contributed by atoms with Crippen LogP contribution in [-0.4, -0.2) is 29.6 Å². The molecule has 0 aliphatic carbocycles. The molecule has 0 aliphatic rings. The first kappa shape index (κ1) is 8.48. The molecule has 0 fully saturated rings. The number of aromatic amines is 1. The quantitative estimate of drug-likeness (QED) is 0.685. The van der Waals surface area contributed by atoms with E-state index in [-0.39, 0.29) is 5.75 Å². The molecule has 0 unspecified atom stereocenters. The molecule has 0 bridgehead atoms. The number of hydrogen-bond acceptors (Lipinski definition) is 4. The van der Waals surface area contributed by atoms with Gasteiger partial charge < -0.3 is 0 Å². The maximum absolute atomic E-state index is 10.4. The van der Waals surface area contributed by atoms with Crippen molar-refractivity contribution in [2.24, 2.45) is 0 Å². The van der Waals surface area contributed by atoms with E-state index in [1.165, 1.54) is 6.20 Å². The molecular formula is C4H6ClN3O2S. The van der Waals surface area contributed by atoms with Crippen molar-refractivity contribution in [3.63, 3.8) is 0 Å². The average Bonchev–Trinajstić information content (AvgIpc) is 2.32. The van der Waals surface area contributed by atoms with Gasteiger partial charge in [-0.3, -0.25) is 0 Å². The van der Waals surface area contributed by atoms with Crippen molar-refractivity contribution in [1.29, 1.82) is 0 Å². The summed E-state index contributed by atoms with van der Waals surface area (Å²) in [6, 6.07) is 0. The van der Waals surface area contributed by atoms with E-state index in [0.717, 1.165) is 0 Å². The molecule has 1 N–H and O–H groups in total. The predicted octanol–water partition coefficient (Wildman–Crippen LogP) is -0.0842. The van der Waals surface area contributed by atoms with E-state index in [0.29, 0.717) is 12.1 Å². The monoisotopic (exact) mass is 195 g/mol. The van der Waals surface area contributed by atoms with Crippen molar-refractivity contribution in [1.82, 2.24) is 15.4 Å². The molecule has 0 aliphatic heterocycles. The minimum absolute atomic E-state index is 0.110. The summed E-state index contributed by atoms with van der Waals surface area (Å²) in [5.74, 6) is -0.110. The Morgan fingerprint density at radius 1 is 1.64 bits per heavy atom. The first-order valence-electron chi connectivity index (χ1n) is 2.85. The molecular weight excluding hydrogens is 190 g/mol. The molecule has 1 aromatic heterocycles. The highest BCUT2D eigenvalue weighted by molar-refractivity contribution is 8.13. The highest BCUT2D eigenvalue weighted by Gasteiger charge is 2.06. The van der Waals surface area contributed by atoms with Gasteiger partial charge in [-0.15, -0.1) is 0 Å². The van der Waals surface area contributed by atoms with E-state index in [4.69, 9.17) is 10.7 Å². The third-order valence-corrected chi connectivity index (χ3v) is 2.22. The third-order valence-electron chi connectivity index (χ3n) is 1.07. The van der Waals surface area contributed by atoms with Gasteiger partial charge in [0.05, 0.1) is 17.6 Å². The maximum Gasteiger partial charge on any atom is 0.232 e. The van der Waals surface area contributed by atoms with Gasteiger partial charge in [-0.05, 0) is 0 Å². The Hall–Kier alpha value is -0.620. The SMILES string of the molecule is O=S(=O)(Cl)CCc1cn[nH]n1. The summed E-state index contributed by atoms with van der Waals surface area (Å²) in [4.78, 5) is 0. The van der Waals surface area contributed by atoms with Crippen molar-refractivity contribution in [2.75, 3.05) is 5.75 Å². The van der Waals surface area contributed by atoms with Gasteiger partial charge in [0, 0.05) is 17.1 Å². The van der Waals surface area contributed by atoms with Crippen molar-refractivity contribution in [3.8, 4) is 0 Å².